The summed E-state index contributed by atoms with van der Waals surface area (Å²) in [7, 11) is 0. The van der Waals surface area contributed by atoms with E-state index in [0.29, 0.717) is 24.8 Å². The van der Waals surface area contributed by atoms with Crippen LogP contribution in [0.5, 0.6) is 0 Å². The van der Waals surface area contributed by atoms with E-state index in [1.165, 1.54) is 11.3 Å². The van der Waals surface area contributed by atoms with Crippen molar-refractivity contribution in [3.63, 3.8) is 0 Å². The fourth-order valence-electron chi connectivity index (χ4n) is 5.42. The molecule has 0 unspecified atom stereocenters. The summed E-state index contributed by atoms with van der Waals surface area (Å²) in [6.45, 7) is 5.75. The molecular weight excluding hydrogens is 514 g/mol. The van der Waals surface area contributed by atoms with E-state index in [9.17, 15) is 14.4 Å². The van der Waals surface area contributed by atoms with E-state index in [2.05, 4.69) is 17.2 Å². The third-order valence-electron chi connectivity index (χ3n) is 7.24. The highest BCUT2D eigenvalue weighted by atomic mass is 32.1. The molecule has 0 aliphatic carbocycles. The van der Waals surface area contributed by atoms with Crippen molar-refractivity contribution in [1.82, 2.24) is 30.1 Å². The minimum absolute atomic E-state index is 0.0362. The predicted octanol–water partition coefficient (Wildman–Crippen LogP) is 3.57. The number of nitrogens with two attached hydrogens (primary N) is 1. The first-order valence-corrected chi connectivity index (χ1v) is 14.3. The van der Waals surface area contributed by atoms with Crippen LogP contribution in [-0.4, -0.2) is 75.0 Å². The topological polar surface area (TPSA) is 115 Å². The van der Waals surface area contributed by atoms with Gasteiger partial charge in [0.05, 0.1) is 23.3 Å². The number of urea groups is 1. The number of piperazine rings is 1. The maximum Gasteiger partial charge on any atom is 0.332 e. The molecule has 2 fully saturated rings. The summed E-state index contributed by atoms with van der Waals surface area (Å²) in [5.41, 5.74) is 8.42. The molecule has 3 aromatic rings. The second-order valence-corrected chi connectivity index (χ2v) is 11.0. The second kappa shape index (κ2) is 11.6. The average Bonchev–Trinajstić information content (AvgIpc) is 3.47. The highest BCUT2D eigenvalue weighted by Gasteiger charge is 2.52. The summed E-state index contributed by atoms with van der Waals surface area (Å²) in [6.07, 6.45) is 2.10. The fourth-order valence-corrected chi connectivity index (χ4v) is 6.20. The number of hydrazine groups is 1. The molecule has 3 heterocycles. The first kappa shape index (κ1) is 26.9. The Morgan fingerprint density at radius 3 is 2.67 bits per heavy atom. The molecule has 0 saturated carbocycles. The van der Waals surface area contributed by atoms with E-state index in [1.54, 1.807) is 14.8 Å². The smallest absolute Gasteiger partial charge is 0.332 e. The number of thiazole rings is 1. The van der Waals surface area contributed by atoms with Gasteiger partial charge in [0.1, 0.15) is 12.2 Å². The van der Waals surface area contributed by atoms with E-state index in [4.69, 9.17) is 5.73 Å². The third-order valence-corrected chi connectivity index (χ3v) is 8.09. The summed E-state index contributed by atoms with van der Waals surface area (Å²) in [5.74, 6) is -0.319. The molecule has 206 valence electrons. The lowest BCUT2D eigenvalue weighted by atomic mass is 10.00. The third kappa shape index (κ3) is 5.28. The molecule has 0 spiro atoms. The lowest BCUT2D eigenvalue weighted by Crippen LogP contribution is -2.63. The number of hydrogen-bond acceptors (Lipinski definition) is 7. The number of amides is 4. The standard InChI is InChI=1S/C28H35N7O3S/c1-3-5-14-30-28(38)33(15-4-2)34-18-23(36)35-22(34)17-32(26(37)25(35)19-10-7-6-8-11-19)16-20-12-9-13-21-24(20)31-27(29)39-21/h6-13,22,25H,3-5,14-18H2,1-2H3,(H2,29,31)(H,30,38)/t22-,25+/m1/s1. The van der Waals surface area contributed by atoms with E-state index in [-0.39, 0.29) is 30.9 Å². The van der Waals surface area contributed by atoms with Crippen LogP contribution in [0.3, 0.4) is 0 Å². The van der Waals surface area contributed by atoms with Crippen LogP contribution in [0.15, 0.2) is 48.5 Å². The number of nitrogens with one attached hydrogen (secondary N) is 1. The van der Waals surface area contributed by atoms with Crippen molar-refractivity contribution < 1.29 is 14.4 Å². The van der Waals surface area contributed by atoms with Crippen molar-refractivity contribution in [3.8, 4) is 0 Å². The van der Waals surface area contributed by atoms with Gasteiger partial charge in [-0.2, -0.15) is 5.01 Å². The van der Waals surface area contributed by atoms with Crippen molar-refractivity contribution in [3.05, 3.63) is 59.7 Å². The van der Waals surface area contributed by atoms with Crippen LogP contribution in [0.1, 0.15) is 50.3 Å². The number of nitrogen functional groups attached to an aromatic ring is 1. The zero-order valence-corrected chi connectivity index (χ0v) is 23.2. The van der Waals surface area contributed by atoms with Gasteiger partial charge in [0.2, 0.25) is 5.91 Å². The Labute approximate surface area is 232 Å². The summed E-state index contributed by atoms with van der Waals surface area (Å²) >= 11 is 1.41. The molecular formula is C28H35N7O3S. The minimum atomic E-state index is -0.784. The van der Waals surface area contributed by atoms with Gasteiger partial charge in [0, 0.05) is 19.6 Å². The van der Waals surface area contributed by atoms with Crippen molar-refractivity contribution in [2.75, 3.05) is 31.9 Å². The van der Waals surface area contributed by atoms with Gasteiger partial charge in [-0.15, -0.1) is 0 Å². The van der Waals surface area contributed by atoms with Gasteiger partial charge in [-0.05, 0) is 30.0 Å². The van der Waals surface area contributed by atoms with Gasteiger partial charge < -0.3 is 20.9 Å². The molecule has 2 aliphatic rings. The Kier molecular flexibility index (Phi) is 7.99. The van der Waals surface area contributed by atoms with Gasteiger partial charge in [-0.3, -0.25) is 14.6 Å². The normalized spacial score (nSPS) is 19.5. The van der Waals surface area contributed by atoms with Gasteiger partial charge in [-0.1, -0.05) is 74.1 Å². The molecule has 4 amide bonds. The SMILES string of the molecule is CCCCNC(=O)N(CCC)N1CC(=O)N2[C@@H](c3ccccc3)C(=O)N(Cc3cccc4sc(N)nc34)C[C@@H]21. The minimum Gasteiger partial charge on any atom is -0.375 e. The largest absolute Gasteiger partial charge is 0.375 e. The second-order valence-electron chi connectivity index (χ2n) is 9.94. The van der Waals surface area contributed by atoms with Crippen LogP contribution >= 0.6 is 11.3 Å². The zero-order valence-electron chi connectivity index (χ0n) is 22.4. The molecule has 39 heavy (non-hydrogen) atoms. The summed E-state index contributed by atoms with van der Waals surface area (Å²) < 4.78 is 0.964. The van der Waals surface area contributed by atoms with Crippen molar-refractivity contribution >= 4 is 44.5 Å². The number of anilines is 1. The highest BCUT2D eigenvalue weighted by Crippen LogP contribution is 2.37. The Morgan fingerprint density at radius 1 is 1.13 bits per heavy atom. The van der Waals surface area contributed by atoms with Crippen LogP contribution in [0.4, 0.5) is 9.93 Å². The molecule has 1 aromatic heterocycles. The van der Waals surface area contributed by atoms with Gasteiger partial charge in [0.15, 0.2) is 5.13 Å². The number of nitrogens with zero attached hydrogens (tertiary/aromatic N) is 5. The average molecular weight is 550 g/mol. The van der Waals surface area contributed by atoms with Crippen LogP contribution in [0, 0.1) is 0 Å². The molecule has 2 atom stereocenters. The fraction of sp³-hybridized carbons (Fsp3) is 0.429. The Morgan fingerprint density at radius 2 is 1.92 bits per heavy atom. The number of carbonyl (C=O) groups excluding carboxylic acids is 3. The first-order chi connectivity index (χ1) is 18.9. The van der Waals surface area contributed by atoms with E-state index in [1.807, 2.05) is 60.5 Å². The van der Waals surface area contributed by atoms with Crippen molar-refractivity contribution in [2.24, 2.45) is 0 Å². The highest BCUT2D eigenvalue weighted by molar-refractivity contribution is 7.22. The molecule has 3 N–H and O–H groups in total. The van der Waals surface area contributed by atoms with E-state index >= 15 is 0 Å². The Hall–Kier alpha value is -3.70. The maximum absolute atomic E-state index is 14.0. The number of unbranched alkanes of at least 4 members (excludes halogenated alkanes) is 1. The number of carbonyl (C=O) groups is 3. The van der Waals surface area contributed by atoms with Crippen LogP contribution in [0.25, 0.3) is 10.2 Å². The van der Waals surface area contributed by atoms with Crippen molar-refractivity contribution in [2.45, 2.75) is 51.9 Å². The lowest BCUT2D eigenvalue weighted by molar-refractivity contribution is -0.158. The lowest BCUT2D eigenvalue weighted by Gasteiger charge is -2.46. The van der Waals surface area contributed by atoms with Gasteiger partial charge in [0.25, 0.3) is 5.91 Å². The number of benzene rings is 2. The molecule has 0 bridgehead atoms. The molecule has 2 aliphatic heterocycles. The van der Waals surface area contributed by atoms with Crippen LogP contribution in [-0.2, 0) is 16.1 Å². The zero-order chi connectivity index (χ0) is 27.5. The quantitative estimate of drug-likeness (QED) is 0.395. The molecule has 10 nitrogen and oxygen atoms in total. The Balaban J connectivity index is 1.50. The molecule has 2 aromatic carbocycles. The maximum atomic E-state index is 14.0. The van der Waals surface area contributed by atoms with Gasteiger partial charge >= 0.3 is 6.03 Å². The van der Waals surface area contributed by atoms with Crippen LogP contribution < -0.4 is 11.1 Å². The van der Waals surface area contributed by atoms with E-state index in [0.717, 1.165) is 40.6 Å². The molecule has 2 saturated heterocycles. The Bertz CT molecular complexity index is 1350. The van der Waals surface area contributed by atoms with Crippen LogP contribution in [0.2, 0.25) is 0 Å². The molecule has 5 rings (SSSR count). The molecule has 11 heteroatoms. The van der Waals surface area contributed by atoms with Gasteiger partial charge in [-0.25, -0.2) is 9.78 Å². The summed E-state index contributed by atoms with van der Waals surface area (Å²) in [5, 5.41) is 6.96. The number of para-hydroxylation sites is 1. The number of fused-ring (bicyclic) bond motifs is 2. The summed E-state index contributed by atoms with van der Waals surface area (Å²) in [6, 6.07) is 14.3. The number of hydrogen-bond donors (Lipinski definition) is 2. The molecule has 0 radical (unpaired) electrons. The predicted molar refractivity (Wildman–Crippen MR) is 151 cm³/mol. The van der Waals surface area contributed by atoms with Crippen molar-refractivity contribution in [1.29, 1.82) is 0 Å². The monoisotopic (exact) mass is 549 g/mol. The number of aromatic nitrogens is 1. The first-order valence-electron chi connectivity index (χ1n) is 13.5. The van der Waals surface area contributed by atoms with E-state index < -0.39 is 12.2 Å². The number of rotatable bonds is 9. The summed E-state index contributed by atoms with van der Waals surface area (Å²) in [4.78, 5) is 48.8.